The Balaban J connectivity index is 1.25. The van der Waals surface area contributed by atoms with Gasteiger partial charge in [0.15, 0.2) is 5.82 Å². The summed E-state index contributed by atoms with van der Waals surface area (Å²) in [7, 11) is -3.46. The van der Waals surface area contributed by atoms with Gasteiger partial charge in [-0.2, -0.15) is 9.19 Å². The van der Waals surface area contributed by atoms with Crippen molar-refractivity contribution in [2.45, 2.75) is 63.5 Å². The summed E-state index contributed by atoms with van der Waals surface area (Å²) in [4.78, 5) is 15.9. The number of nitrogens with one attached hydrogen (secondary N) is 1. The van der Waals surface area contributed by atoms with Crippen LogP contribution in [0.25, 0.3) is 11.4 Å². The fraction of sp³-hybridized carbons (Fsp3) is 0.517. The van der Waals surface area contributed by atoms with Crippen molar-refractivity contribution < 1.29 is 13.5 Å². The Morgan fingerprint density at radius 3 is 2.60 bits per heavy atom. The molecule has 0 aromatic carbocycles. The zero-order valence-electron chi connectivity index (χ0n) is 22.8. The van der Waals surface area contributed by atoms with Gasteiger partial charge in [-0.15, -0.1) is 0 Å². The van der Waals surface area contributed by atoms with Crippen molar-refractivity contribution in [1.82, 2.24) is 24.1 Å². The molecule has 2 aliphatic carbocycles. The van der Waals surface area contributed by atoms with Crippen molar-refractivity contribution in [3.63, 3.8) is 0 Å². The van der Waals surface area contributed by atoms with Gasteiger partial charge in [-0.25, -0.2) is 23.4 Å². The molecule has 0 spiro atoms. The minimum Gasteiger partial charge on any atom is -0.396 e. The van der Waals surface area contributed by atoms with Gasteiger partial charge in [-0.05, 0) is 50.0 Å². The molecular formula is C29H35N7O3S. The molecule has 2 saturated carbocycles. The van der Waals surface area contributed by atoms with Crippen LogP contribution in [0, 0.1) is 23.2 Å². The topological polar surface area (TPSA) is 126 Å². The van der Waals surface area contributed by atoms with Crippen LogP contribution in [-0.2, 0) is 10.0 Å². The molecule has 0 amide bonds. The van der Waals surface area contributed by atoms with E-state index in [-0.39, 0.29) is 17.3 Å². The Morgan fingerprint density at radius 2 is 1.88 bits per heavy atom. The maximum absolute atomic E-state index is 12.5. The van der Waals surface area contributed by atoms with Crippen molar-refractivity contribution in [2.75, 3.05) is 29.9 Å². The first kappa shape index (κ1) is 26.7. The molecule has 1 saturated heterocycles. The van der Waals surface area contributed by atoms with Gasteiger partial charge in [0.2, 0.25) is 0 Å². The smallest absolute Gasteiger partial charge is 0.256 e. The van der Waals surface area contributed by atoms with Crippen LogP contribution in [0.4, 0.5) is 17.3 Å². The predicted octanol–water partition coefficient (Wildman–Crippen LogP) is 3.96. The maximum atomic E-state index is 12.5. The molecule has 3 fully saturated rings. The van der Waals surface area contributed by atoms with E-state index in [0.29, 0.717) is 41.8 Å². The third-order valence-electron chi connectivity index (χ3n) is 8.28. The van der Waals surface area contributed by atoms with E-state index in [1.807, 2.05) is 12.3 Å². The summed E-state index contributed by atoms with van der Waals surface area (Å²) in [6.07, 6.45) is 14.4. The highest BCUT2D eigenvalue weighted by atomic mass is 32.2. The fourth-order valence-electron chi connectivity index (χ4n) is 5.34. The summed E-state index contributed by atoms with van der Waals surface area (Å²) in [5.74, 6) is 8.89. The fourth-order valence-corrected chi connectivity index (χ4v) is 6.82. The molecule has 0 radical (unpaired) electrons. The van der Waals surface area contributed by atoms with Crippen LogP contribution in [-0.4, -0.2) is 62.6 Å². The number of aliphatic hydroxyl groups excluding tert-OH is 1. The monoisotopic (exact) mass is 561 g/mol. The number of hydrogen-bond acceptors (Lipinski definition) is 9. The Bertz CT molecular complexity index is 1540. The second kappa shape index (κ2) is 10.8. The second-order valence-corrected chi connectivity index (χ2v) is 13.6. The van der Waals surface area contributed by atoms with Crippen LogP contribution in [0.3, 0.4) is 0 Å². The molecule has 2 N–H and O–H groups in total. The number of hydrogen-bond donors (Lipinski definition) is 2. The Kier molecular flexibility index (Phi) is 7.23. The number of piperidine rings is 1. The standard InChI is InChI=1S/C29H35N7O3S/c1-29(20-37)11-14-35(15-12-29)25-16-27(31-17-22(25)7-6-21-4-2-3-5-21)33-26-10-13-30-28(34-26)23-18-32-36(19-23)40(38,39)24-8-9-24/h10,13,16-19,21,24,37H,2-5,8-9,11-12,14-15,20H2,1H3,(H,30,31,33,34). The molecule has 0 atom stereocenters. The van der Waals surface area contributed by atoms with E-state index in [0.717, 1.165) is 54.1 Å². The molecule has 3 aromatic rings. The zero-order valence-corrected chi connectivity index (χ0v) is 23.6. The lowest BCUT2D eigenvalue weighted by atomic mass is 9.81. The van der Waals surface area contributed by atoms with Crippen LogP contribution in [0.15, 0.2) is 36.9 Å². The number of aliphatic hydroxyl groups is 1. The number of pyridine rings is 1. The minimum absolute atomic E-state index is 0.0521. The van der Waals surface area contributed by atoms with E-state index in [9.17, 15) is 13.5 Å². The average Bonchev–Trinajstić information content (AvgIpc) is 3.48. The zero-order chi connectivity index (χ0) is 27.7. The van der Waals surface area contributed by atoms with Gasteiger partial charge in [0, 0.05) is 44.1 Å². The largest absolute Gasteiger partial charge is 0.396 e. The maximum Gasteiger partial charge on any atom is 0.256 e. The molecule has 0 unspecified atom stereocenters. The van der Waals surface area contributed by atoms with E-state index in [1.54, 1.807) is 12.3 Å². The Morgan fingerprint density at radius 1 is 1.10 bits per heavy atom. The quantitative estimate of drug-likeness (QED) is 0.412. The molecule has 210 valence electrons. The van der Waals surface area contributed by atoms with E-state index in [4.69, 9.17) is 0 Å². The SMILES string of the molecule is CC1(CO)CCN(c2cc(Nc3ccnc(-c4cnn(S(=O)(=O)C5CC5)c4)n3)ncc2C#CC2CCCC2)CC1. The molecule has 3 aliphatic rings. The van der Waals surface area contributed by atoms with Crippen LogP contribution in [0.5, 0.6) is 0 Å². The van der Waals surface area contributed by atoms with Crippen molar-refractivity contribution >= 4 is 27.3 Å². The molecule has 0 bridgehead atoms. The number of rotatable bonds is 7. The summed E-state index contributed by atoms with van der Waals surface area (Å²) in [5.41, 5.74) is 2.42. The molecule has 10 nitrogen and oxygen atoms in total. The van der Waals surface area contributed by atoms with Crippen LogP contribution < -0.4 is 10.2 Å². The summed E-state index contributed by atoms with van der Waals surface area (Å²) >= 11 is 0. The summed E-state index contributed by atoms with van der Waals surface area (Å²) in [5, 5.41) is 16.8. The average molecular weight is 562 g/mol. The van der Waals surface area contributed by atoms with Gasteiger partial charge in [0.1, 0.15) is 11.6 Å². The van der Waals surface area contributed by atoms with Crippen molar-refractivity contribution in [3.05, 3.63) is 42.5 Å². The minimum atomic E-state index is -3.46. The second-order valence-electron chi connectivity index (χ2n) is 11.5. The van der Waals surface area contributed by atoms with E-state index >= 15 is 0 Å². The number of anilines is 3. The van der Waals surface area contributed by atoms with Crippen LogP contribution >= 0.6 is 0 Å². The lowest BCUT2D eigenvalue weighted by Gasteiger charge is -2.39. The molecule has 11 heteroatoms. The third-order valence-corrected chi connectivity index (χ3v) is 10.3. The first-order valence-electron chi connectivity index (χ1n) is 14.1. The Hall–Kier alpha value is -3.49. The normalized spacial score (nSPS) is 19.3. The first-order valence-corrected chi connectivity index (χ1v) is 15.6. The highest BCUT2D eigenvalue weighted by molar-refractivity contribution is 7.90. The molecule has 4 heterocycles. The van der Waals surface area contributed by atoms with Gasteiger partial charge in [0.05, 0.1) is 34.5 Å². The summed E-state index contributed by atoms with van der Waals surface area (Å²) in [6.45, 7) is 4.01. The van der Waals surface area contributed by atoms with E-state index in [2.05, 4.69) is 49.0 Å². The van der Waals surface area contributed by atoms with E-state index in [1.165, 1.54) is 25.2 Å². The van der Waals surface area contributed by atoms with Crippen LogP contribution in [0.2, 0.25) is 0 Å². The van der Waals surface area contributed by atoms with Gasteiger partial charge in [-0.1, -0.05) is 31.6 Å². The Labute approximate surface area is 235 Å². The number of nitrogens with zero attached hydrogens (tertiary/aromatic N) is 6. The highest BCUT2D eigenvalue weighted by Gasteiger charge is 2.37. The first-order chi connectivity index (χ1) is 19.3. The predicted molar refractivity (Wildman–Crippen MR) is 154 cm³/mol. The summed E-state index contributed by atoms with van der Waals surface area (Å²) < 4.78 is 26.1. The lowest BCUT2D eigenvalue weighted by Crippen LogP contribution is -2.40. The molecule has 6 rings (SSSR count). The molecule has 1 aliphatic heterocycles. The van der Waals surface area contributed by atoms with E-state index < -0.39 is 10.0 Å². The van der Waals surface area contributed by atoms with Gasteiger partial charge >= 0.3 is 0 Å². The van der Waals surface area contributed by atoms with Crippen molar-refractivity contribution in [1.29, 1.82) is 0 Å². The highest BCUT2D eigenvalue weighted by Crippen LogP contribution is 2.35. The molecule has 40 heavy (non-hydrogen) atoms. The van der Waals surface area contributed by atoms with Crippen LogP contribution in [0.1, 0.15) is 63.9 Å². The molecule has 3 aromatic heterocycles. The van der Waals surface area contributed by atoms with Gasteiger partial charge in [0.25, 0.3) is 10.0 Å². The molecular weight excluding hydrogens is 526 g/mol. The summed E-state index contributed by atoms with van der Waals surface area (Å²) in [6, 6.07) is 3.76. The lowest BCUT2D eigenvalue weighted by molar-refractivity contribution is 0.115. The van der Waals surface area contributed by atoms with Crippen molar-refractivity contribution in [3.8, 4) is 23.2 Å². The van der Waals surface area contributed by atoms with Gasteiger partial charge in [-0.3, -0.25) is 0 Å². The van der Waals surface area contributed by atoms with Gasteiger partial charge < -0.3 is 15.3 Å². The third kappa shape index (κ3) is 5.69. The van der Waals surface area contributed by atoms with Crippen molar-refractivity contribution in [2.24, 2.45) is 11.3 Å². The number of aromatic nitrogens is 5.